The number of nitrogens with zero attached hydrogens (tertiary/aromatic N) is 3. The highest BCUT2D eigenvalue weighted by molar-refractivity contribution is 5.78. The average molecular weight is 513 g/mol. The lowest BCUT2D eigenvalue weighted by molar-refractivity contribution is -0.162. The fourth-order valence-electron chi connectivity index (χ4n) is 7.10. The molecular weight excluding hydrogens is 468 g/mol. The van der Waals surface area contributed by atoms with Crippen LogP contribution in [0, 0.1) is 11.3 Å². The first-order valence-electron chi connectivity index (χ1n) is 14.0. The first kappa shape index (κ1) is 26.4. The van der Waals surface area contributed by atoms with Crippen molar-refractivity contribution >= 4 is 11.9 Å². The Morgan fingerprint density at radius 2 is 1.76 bits per heavy atom. The molecule has 2 unspecified atom stereocenters. The first-order valence-corrected chi connectivity index (χ1v) is 14.0. The molecule has 0 saturated carbocycles. The maximum atomic E-state index is 13.4. The molecule has 8 nitrogen and oxygen atoms in total. The van der Waals surface area contributed by atoms with Gasteiger partial charge >= 0.3 is 6.03 Å². The van der Waals surface area contributed by atoms with Crippen LogP contribution in [0.2, 0.25) is 0 Å². The molecule has 1 aromatic carbocycles. The molecule has 1 aromatic rings. The highest BCUT2D eigenvalue weighted by Gasteiger charge is 2.56. The smallest absolute Gasteiger partial charge is 0.320 e. The Kier molecular flexibility index (Phi) is 7.53. The standard InChI is InChI=1S/C29H44N4O4/c1-21(2)26(34)30-25(22-8-6-5-7-9-22)12-13-33-23-10-11-24(33)15-29(14-23)17-32(27(35)31(29)4)16-28(3)18-36-20-37-19-28/h5-9,21,23-25H,10-20H2,1-4H3,(H,30,34)/t23?,24?,25-,29?/m1/s1. The van der Waals surface area contributed by atoms with Gasteiger partial charge < -0.3 is 24.6 Å². The fourth-order valence-corrected chi connectivity index (χ4v) is 7.10. The minimum absolute atomic E-state index is 0.0123. The molecule has 0 aliphatic carbocycles. The molecule has 5 rings (SSSR count). The molecule has 4 saturated heterocycles. The normalized spacial score (nSPS) is 30.4. The van der Waals surface area contributed by atoms with Crippen LogP contribution in [-0.4, -0.2) is 90.9 Å². The Bertz CT molecular complexity index is 950. The van der Waals surface area contributed by atoms with Crippen LogP contribution in [-0.2, 0) is 14.3 Å². The molecule has 3 atom stereocenters. The number of nitrogens with one attached hydrogen (secondary N) is 1. The lowest BCUT2D eigenvalue weighted by atomic mass is 9.81. The van der Waals surface area contributed by atoms with E-state index in [1.165, 1.54) is 18.4 Å². The Balaban J connectivity index is 1.24. The zero-order valence-corrected chi connectivity index (χ0v) is 22.9. The van der Waals surface area contributed by atoms with E-state index in [1.54, 1.807) is 0 Å². The second kappa shape index (κ2) is 10.5. The molecule has 4 aliphatic heterocycles. The molecule has 1 spiro atoms. The van der Waals surface area contributed by atoms with Crippen molar-refractivity contribution in [3.05, 3.63) is 35.9 Å². The summed E-state index contributed by atoms with van der Waals surface area (Å²) < 4.78 is 11.1. The van der Waals surface area contributed by atoms with Crippen molar-refractivity contribution in [3.63, 3.8) is 0 Å². The zero-order valence-electron chi connectivity index (χ0n) is 22.9. The van der Waals surface area contributed by atoms with E-state index in [0.717, 1.165) is 32.4 Å². The summed E-state index contributed by atoms with van der Waals surface area (Å²) in [7, 11) is 2.00. The average Bonchev–Trinajstić information content (AvgIpc) is 3.25. The summed E-state index contributed by atoms with van der Waals surface area (Å²) in [5, 5.41) is 3.29. The van der Waals surface area contributed by atoms with Crippen LogP contribution < -0.4 is 5.32 Å². The maximum Gasteiger partial charge on any atom is 0.320 e. The summed E-state index contributed by atoms with van der Waals surface area (Å²) in [5.41, 5.74) is 0.905. The Morgan fingerprint density at radius 3 is 2.38 bits per heavy atom. The predicted octanol–water partition coefficient (Wildman–Crippen LogP) is 3.63. The van der Waals surface area contributed by atoms with Crippen LogP contribution in [0.25, 0.3) is 0 Å². The Labute approximate surface area is 221 Å². The lowest BCUT2D eigenvalue weighted by Gasteiger charge is -2.47. The van der Waals surface area contributed by atoms with Gasteiger partial charge in [-0.3, -0.25) is 9.69 Å². The molecule has 4 heterocycles. The molecule has 204 valence electrons. The molecule has 0 radical (unpaired) electrons. The Morgan fingerprint density at radius 1 is 1.11 bits per heavy atom. The van der Waals surface area contributed by atoms with Gasteiger partial charge in [0.2, 0.25) is 5.91 Å². The third-order valence-electron chi connectivity index (χ3n) is 9.12. The van der Waals surface area contributed by atoms with Crippen LogP contribution >= 0.6 is 0 Å². The van der Waals surface area contributed by atoms with E-state index < -0.39 is 0 Å². The van der Waals surface area contributed by atoms with Crippen molar-refractivity contribution < 1.29 is 19.1 Å². The zero-order chi connectivity index (χ0) is 26.2. The van der Waals surface area contributed by atoms with Crippen molar-refractivity contribution in [1.29, 1.82) is 0 Å². The second-order valence-electron chi connectivity index (χ2n) is 12.5. The van der Waals surface area contributed by atoms with Gasteiger partial charge in [0.15, 0.2) is 0 Å². The van der Waals surface area contributed by atoms with Crippen molar-refractivity contribution in [3.8, 4) is 0 Å². The minimum Gasteiger partial charge on any atom is -0.355 e. The first-order chi connectivity index (χ1) is 17.7. The maximum absolute atomic E-state index is 13.4. The molecule has 37 heavy (non-hydrogen) atoms. The van der Waals surface area contributed by atoms with E-state index in [4.69, 9.17) is 9.47 Å². The minimum atomic E-state index is -0.160. The van der Waals surface area contributed by atoms with Crippen LogP contribution in [0.4, 0.5) is 4.79 Å². The van der Waals surface area contributed by atoms with Crippen LogP contribution in [0.15, 0.2) is 30.3 Å². The summed E-state index contributed by atoms with van der Waals surface area (Å²) in [6.45, 7) is 10.1. The number of hydrogen-bond donors (Lipinski definition) is 1. The van der Waals surface area contributed by atoms with Crippen LogP contribution in [0.5, 0.6) is 0 Å². The van der Waals surface area contributed by atoms with Gasteiger partial charge in [0.1, 0.15) is 6.79 Å². The van der Waals surface area contributed by atoms with Gasteiger partial charge in [0.05, 0.1) is 24.8 Å². The molecule has 1 N–H and O–H groups in total. The van der Waals surface area contributed by atoms with E-state index >= 15 is 0 Å². The highest BCUT2D eigenvalue weighted by Crippen LogP contribution is 2.47. The molecular formula is C29H44N4O4. The highest BCUT2D eigenvalue weighted by atomic mass is 16.7. The number of benzene rings is 1. The largest absolute Gasteiger partial charge is 0.355 e. The summed E-state index contributed by atoms with van der Waals surface area (Å²) >= 11 is 0. The van der Waals surface area contributed by atoms with E-state index in [-0.39, 0.29) is 34.9 Å². The number of amides is 3. The SMILES string of the molecule is CC(C)C(=O)N[C@H](CCN1C2CCC1CC1(C2)CN(CC2(C)COCOC2)C(=O)N1C)c1ccccc1. The predicted molar refractivity (Wildman–Crippen MR) is 142 cm³/mol. The molecule has 2 bridgehead atoms. The summed E-state index contributed by atoms with van der Waals surface area (Å²) in [4.78, 5) is 32.7. The summed E-state index contributed by atoms with van der Waals surface area (Å²) in [6, 6.07) is 11.4. The number of fused-ring (bicyclic) bond motifs is 2. The van der Waals surface area contributed by atoms with Gasteiger partial charge in [-0.05, 0) is 37.7 Å². The molecule has 3 amide bonds. The lowest BCUT2D eigenvalue weighted by Crippen LogP contribution is -2.57. The quantitative estimate of drug-likeness (QED) is 0.576. The van der Waals surface area contributed by atoms with Gasteiger partial charge in [-0.25, -0.2) is 4.79 Å². The van der Waals surface area contributed by atoms with Crippen molar-refractivity contribution in [1.82, 2.24) is 20.0 Å². The number of hydrogen-bond acceptors (Lipinski definition) is 5. The molecule has 4 fully saturated rings. The van der Waals surface area contributed by atoms with E-state index in [2.05, 4.69) is 29.3 Å². The van der Waals surface area contributed by atoms with Crippen molar-refractivity contribution in [2.45, 2.75) is 76.5 Å². The number of carbonyl (C=O) groups excluding carboxylic acids is 2. The van der Waals surface area contributed by atoms with Crippen LogP contribution in [0.1, 0.15) is 64.5 Å². The van der Waals surface area contributed by atoms with Crippen LogP contribution in [0.3, 0.4) is 0 Å². The van der Waals surface area contributed by atoms with Gasteiger partial charge in [-0.2, -0.15) is 0 Å². The summed E-state index contributed by atoms with van der Waals surface area (Å²) in [5.74, 6) is 0.0627. The topological polar surface area (TPSA) is 74.4 Å². The van der Waals surface area contributed by atoms with E-state index in [0.29, 0.717) is 38.6 Å². The Hall–Kier alpha value is -2.16. The van der Waals surface area contributed by atoms with Gasteiger partial charge in [-0.1, -0.05) is 51.1 Å². The number of rotatable bonds is 8. The fraction of sp³-hybridized carbons (Fsp3) is 0.724. The van der Waals surface area contributed by atoms with Gasteiger partial charge in [0.25, 0.3) is 0 Å². The molecule has 8 heteroatoms. The third kappa shape index (κ3) is 5.38. The summed E-state index contributed by atoms with van der Waals surface area (Å²) in [6.07, 6.45) is 5.28. The monoisotopic (exact) mass is 512 g/mol. The number of carbonyl (C=O) groups is 2. The van der Waals surface area contributed by atoms with Gasteiger partial charge in [0, 0.05) is 50.1 Å². The number of piperidine rings is 1. The number of ether oxygens (including phenoxy) is 2. The van der Waals surface area contributed by atoms with E-state index in [1.807, 2.05) is 48.9 Å². The number of likely N-dealkylation sites (N-methyl/N-ethyl adjacent to an activating group) is 1. The molecule has 4 aliphatic rings. The van der Waals surface area contributed by atoms with Crippen molar-refractivity contribution in [2.24, 2.45) is 11.3 Å². The second-order valence-corrected chi connectivity index (χ2v) is 12.5. The third-order valence-corrected chi connectivity index (χ3v) is 9.12. The van der Waals surface area contributed by atoms with Crippen molar-refractivity contribution in [2.75, 3.05) is 46.7 Å². The number of urea groups is 1. The van der Waals surface area contributed by atoms with Gasteiger partial charge in [-0.15, -0.1) is 0 Å². The molecule has 0 aromatic heterocycles. The van der Waals surface area contributed by atoms with E-state index in [9.17, 15) is 9.59 Å².